The molecule has 0 saturated carbocycles. The molecule has 2 aromatic carbocycles. The highest BCUT2D eigenvalue weighted by Gasteiger charge is 2.13. The van der Waals surface area contributed by atoms with Crippen LogP contribution in [0, 0.1) is 0 Å². The Labute approximate surface area is 168 Å². The van der Waals surface area contributed by atoms with Crippen molar-refractivity contribution in [2.75, 3.05) is 17.7 Å². The van der Waals surface area contributed by atoms with Gasteiger partial charge in [0.1, 0.15) is 5.75 Å². The topological polar surface area (TPSA) is 51.2 Å². The van der Waals surface area contributed by atoms with Gasteiger partial charge >= 0.3 is 0 Å². The minimum absolute atomic E-state index is 0.0298. The average molecular weight is 401 g/mol. The number of fused-ring (bicyclic) bond motifs is 1. The van der Waals surface area contributed by atoms with Crippen LogP contribution in [0.1, 0.15) is 33.3 Å². The molecule has 3 aromatic rings. The standard InChI is InChI=1S/C21H24N2O2S2/c1-5-25-16-10-11-17-18(12-16)27-20(23-17)26-13-19(24)22-15-8-6-14(7-9-15)21(2,3)4/h6-12H,5,13H2,1-4H3,(H,22,24). The second-order valence-electron chi connectivity index (χ2n) is 7.21. The molecule has 0 aliphatic heterocycles. The summed E-state index contributed by atoms with van der Waals surface area (Å²) in [4.78, 5) is 16.8. The maximum absolute atomic E-state index is 12.2. The van der Waals surface area contributed by atoms with E-state index in [9.17, 15) is 4.79 Å². The summed E-state index contributed by atoms with van der Waals surface area (Å²) in [5, 5.41) is 2.95. The fourth-order valence-electron chi connectivity index (χ4n) is 2.58. The van der Waals surface area contributed by atoms with Crippen molar-refractivity contribution < 1.29 is 9.53 Å². The lowest BCUT2D eigenvalue weighted by atomic mass is 9.87. The lowest BCUT2D eigenvalue weighted by Crippen LogP contribution is -2.15. The molecule has 0 spiro atoms. The molecule has 4 nitrogen and oxygen atoms in total. The summed E-state index contributed by atoms with van der Waals surface area (Å²) in [7, 11) is 0. The van der Waals surface area contributed by atoms with Crippen molar-refractivity contribution in [3.8, 4) is 5.75 Å². The first-order chi connectivity index (χ1) is 12.8. The van der Waals surface area contributed by atoms with Gasteiger partial charge in [-0.25, -0.2) is 4.98 Å². The molecule has 0 radical (unpaired) electrons. The Kier molecular flexibility index (Phi) is 6.07. The summed E-state index contributed by atoms with van der Waals surface area (Å²) in [6, 6.07) is 13.9. The van der Waals surface area contributed by atoms with E-state index in [-0.39, 0.29) is 11.3 Å². The molecule has 1 amide bonds. The van der Waals surface area contributed by atoms with Gasteiger partial charge in [-0.15, -0.1) is 11.3 Å². The number of carbonyl (C=O) groups is 1. The van der Waals surface area contributed by atoms with Crippen LogP contribution in [0.15, 0.2) is 46.8 Å². The van der Waals surface area contributed by atoms with Crippen LogP contribution in [0.25, 0.3) is 10.2 Å². The van der Waals surface area contributed by atoms with Gasteiger partial charge in [-0.1, -0.05) is 44.7 Å². The maximum Gasteiger partial charge on any atom is 0.234 e. The normalized spacial score (nSPS) is 11.6. The second-order valence-corrected chi connectivity index (χ2v) is 9.46. The number of benzene rings is 2. The van der Waals surface area contributed by atoms with Crippen LogP contribution in [0.4, 0.5) is 5.69 Å². The molecule has 3 rings (SSSR count). The molecule has 1 N–H and O–H groups in total. The first kappa shape index (κ1) is 19.7. The number of thiazole rings is 1. The van der Waals surface area contributed by atoms with Gasteiger partial charge in [-0.05, 0) is 48.2 Å². The molecule has 0 aliphatic carbocycles. The molecule has 142 valence electrons. The maximum atomic E-state index is 12.2. The molecule has 6 heteroatoms. The number of ether oxygens (including phenoxy) is 1. The van der Waals surface area contributed by atoms with E-state index >= 15 is 0 Å². The quantitative estimate of drug-likeness (QED) is 0.537. The predicted octanol–water partition coefficient (Wildman–Crippen LogP) is 5.72. The van der Waals surface area contributed by atoms with E-state index in [2.05, 4.69) is 43.2 Å². The van der Waals surface area contributed by atoms with Crippen molar-refractivity contribution in [3.05, 3.63) is 48.0 Å². The van der Waals surface area contributed by atoms with E-state index in [0.717, 1.165) is 26.0 Å². The Morgan fingerprint density at radius 2 is 1.93 bits per heavy atom. The van der Waals surface area contributed by atoms with Gasteiger partial charge in [-0.2, -0.15) is 0 Å². The number of thioether (sulfide) groups is 1. The summed E-state index contributed by atoms with van der Waals surface area (Å²) in [6.45, 7) is 9.13. The highest BCUT2D eigenvalue weighted by atomic mass is 32.2. The Bertz CT molecular complexity index is 927. The molecule has 27 heavy (non-hydrogen) atoms. The molecule has 0 bridgehead atoms. The highest BCUT2D eigenvalue weighted by molar-refractivity contribution is 8.01. The largest absolute Gasteiger partial charge is 0.494 e. The molecule has 0 aliphatic rings. The Balaban J connectivity index is 1.58. The molecule has 0 unspecified atom stereocenters. The van der Waals surface area contributed by atoms with Gasteiger partial charge in [0.25, 0.3) is 0 Å². The van der Waals surface area contributed by atoms with Crippen LogP contribution in [0.2, 0.25) is 0 Å². The summed E-state index contributed by atoms with van der Waals surface area (Å²) in [6.07, 6.45) is 0. The van der Waals surface area contributed by atoms with Crippen LogP contribution in [0.3, 0.4) is 0 Å². The fraction of sp³-hybridized carbons (Fsp3) is 0.333. The van der Waals surface area contributed by atoms with E-state index in [4.69, 9.17) is 4.74 Å². The summed E-state index contributed by atoms with van der Waals surface area (Å²) < 4.78 is 7.48. The molecular formula is C21H24N2O2S2. The third kappa shape index (κ3) is 5.23. The average Bonchev–Trinajstić information content (AvgIpc) is 3.02. The smallest absolute Gasteiger partial charge is 0.234 e. The minimum Gasteiger partial charge on any atom is -0.494 e. The van der Waals surface area contributed by atoms with Gasteiger partial charge in [-0.3, -0.25) is 4.79 Å². The number of aromatic nitrogens is 1. The van der Waals surface area contributed by atoms with Crippen LogP contribution in [-0.2, 0) is 10.2 Å². The van der Waals surface area contributed by atoms with Crippen molar-refractivity contribution >= 4 is 44.9 Å². The Morgan fingerprint density at radius 3 is 2.59 bits per heavy atom. The lowest BCUT2D eigenvalue weighted by molar-refractivity contribution is -0.113. The minimum atomic E-state index is -0.0298. The summed E-state index contributed by atoms with van der Waals surface area (Å²) >= 11 is 3.04. The third-order valence-corrected chi connectivity index (χ3v) is 6.17. The highest BCUT2D eigenvalue weighted by Crippen LogP contribution is 2.32. The van der Waals surface area contributed by atoms with Crippen molar-refractivity contribution in [2.24, 2.45) is 0 Å². The second kappa shape index (κ2) is 8.31. The van der Waals surface area contributed by atoms with E-state index in [1.54, 1.807) is 11.3 Å². The molecule has 0 atom stereocenters. The van der Waals surface area contributed by atoms with Crippen LogP contribution in [0.5, 0.6) is 5.75 Å². The zero-order valence-corrected chi connectivity index (χ0v) is 17.7. The van der Waals surface area contributed by atoms with Gasteiger partial charge in [0.2, 0.25) is 5.91 Å². The molecule has 1 aromatic heterocycles. The van der Waals surface area contributed by atoms with E-state index in [1.165, 1.54) is 17.3 Å². The zero-order valence-electron chi connectivity index (χ0n) is 16.0. The number of hydrogen-bond donors (Lipinski definition) is 1. The van der Waals surface area contributed by atoms with E-state index in [0.29, 0.717) is 12.4 Å². The Hall–Kier alpha value is -2.05. The van der Waals surface area contributed by atoms with Crippen molar-refractivity contribution in [1.82, 2.24) is 4.98 Å². The molecule has 0 saturated heterocycles. The van der Waals surface area contributed by atoms with Crippen LogP contribution >= 0.6 is 23.1 Å². The van der Waals surface area contributed by atoms with Gasteiger partial charge in [0.05, 0.1) is 22.6 Å². The number of carbonyl (C=O) groups excluding carboxylic acids is 1. The number of rotatable bonds is 6. The number of nitrogens with zero attached hydrogens (tertiary/aromatic N) is 1. The van der Waals surface area contributed by atoms with Gasteiger partial charge in [0, 0.05) is 5.69 Å². The van der Waals surface area contributed by atoms with Crippen molar-refractivity contribution in [3.63, 3.8) is 0 Å². The van der Waals surface area contributed by atoms with E-state index < -0.39 is 0 Å². The molecule has 1 heterocycles. The van der Waals surface area contributed by atoms with Gasteiger partial charge < -0.3 is 10.1 Å². The molecule has 0 fully saturated rings. The van der Waals surface area contributed by atoms with Crippen molar-refractivity contribution in [2.45, 2.75) is 37.4 Å². The van der Waals surface area contributed by atoms with Crippen molar-refractivity contribution in [1.29, 1.82) is 0 Å². The number of amides is 1. The van der Waals surface area contributed by atoms with E-state index in [1.807, 2.05) is 37.3 Å². The zero-order chi connectivity index (χ0) is 19.4. The number of hydrogen-bond acceptors (Lipinski definition) is 5. The first-order valence-corrected chi connectivity index (χ1v) is 10.7. The summed E-state index contributed by atoms with van der Waals surface area (Å²) in [5.41, 5.74) is 3.10. The van der Waals surface area contributed by atoms with Crippen LogP contribution in [-0.4, -0.2) is 23.3 Å². The SMILES string of the molecule is CCOc1ccc2nc(SCC(=O)Nc3ccc(C(C)(C)C)cc3)sc2c1. The van der Waals surface area contributed by atoms with Crippen LogP contribution < -0.4 is 10.1 Å². The predicted molar refractivity (Wildman–Crippen MR) is 115 cm³/mol. The molecular weight excluding hydrogens is 376 g/mol. The van der Waals surface area contributed by atoms with Gasteiger partial charge in [0.15, 0.2) is 4.34 Å². The first-order valence-electron chi connectivity index (χ1n) is 8.92. The number of anilines is 1. The lowest BCUT2D eigenvalue weighted by Gasteiger charge is -2.19. The Morgan fingerprint density at radius 1 is 1.19 bits per heavy atom. The summed E-state index contributed by atoms with van der Waals surface area (Å²) in [5.74, 6) is 1.15. The third-order valence-electron chi connectivity index (χ3n) is 4.01. The fourth-order valence-corrected chi connectivity index (χ4v) is 4.48. The monoisotopic (exact) mass is 400 g/mol. The number of nitrogens with one attached hydrogen (secondary N) is 1.